The molecule has 1 saturated heterocycles. The van der Waals surface area contributed by atoms with E-state index in [0.29, 0.717) is 44.0 Å². The molecule has 1 unspecified atom stereocenters. The minimum absolute atomic E-state index is 0.104. The summed E-state index contributed by atoms with van der Waals surface area (Å²) in [5, 5.41) is 20.2. The molecule has 5 aromatic rings. The van der Waals surface area contributed by atoms with E-state index < -0.39 is 17.7 Å². The first-order chi connectivity index (χ1) is 19.9. The van der Waals surface area contributed by atoms with E-state index in [4.69, 9.17) is 4.74 Å². The number of hydrogen-bond acceptors (Lipinski definition) is 9. The summed E-state index contributed by atoms with van der Waals surface area (Å²) in [5.41, 5.74) is 2.32. The van der Waals surface area contributed by atoms with E-state index in [1.165, 1.54) is 29.8 Å². The number of anilines is 1. The molecule has 6 rings (SSSR count). The van der Waals surface area contributed by atoms with Crippen LogP contribution in [-0.4, -0.2) is 43.5 Å². The Hall–Kier alpha value is -4.55. The maximum atomic E-state index is 14.1. The second-order valence-electron chi connectivity index (χ2n) is 9.15. The molecule has 1 aliphatic heterocycles. The van der Waals surface area contributed by atoms with Crippen LogP contribution in [0.25, 0.3) is 11.4 Å². The molecular weight excluding hydrogens is 565 g/mol. The zero-order valence-electron chi connectivity index (χ0n) is 21.8. The number of aliphatic hydroxyl groups excluding tert-OH is 1. The molecule has 41 heavy (non-hydrogen) atoms. The molecule has 0 saturated carbocycles. The van der Waals surface area contributed by atoms with Crippen molar-refractivity contribution in [1.29, 1.82) is 0 Å². The van der Waals surface area contributed by atoms with Crippen molar-refractivity contribution in [3.05, 3.63) is 107 Å². The number of hydrogen-bond donors (Lipinski definition) is 1. The molecule has 0 radical (unpaired) electrons. The fourth-order valence-electron chi connectivity index (χ4n) is 4.80. The summed E-state index contributed by atoms with van der Waals surface area (Å²) >= 11 is 2.37. The highest BCUT2D eigenvalue weighted by Crippen LogP contribution is 2.45. The van der Waals surface area contributed by atoms with Gasteiger partial charge >= 0.3 is 5.91 Å². The zero-order valence-corrected chi connectivity index (χ0v) is 23.4. The number of fused-ring (bicyclic) bond motifs is 1. The predicted octanol–water partition coefficient (Wildman–Crippen LogP) is 5.56. The normalized spacial score (nSPS) is 16.6. The van der Waals surface area contributed by atoms with Gasteiger partial charge in [0.2, 0.25) is 5.13 Å². The van der Waals surface area contributed by atoms with Crippen molar-refractivity contribution in [3.63, 3.8) is 0 Å². The van der Waals surface area contributed by atoms with Crippen molar-refractivity contribution in [2.75, 3.05) is 12.0 Å². The van der Waals surface area contributed by atoms with Gasteiger partial charge in [-0.05, 0) is 48.4 Å². The molecule has 12 heteroatoms. The lowest BCUT2D eigenvalue weighted by Crippen LogP contribution is -2.29. The number of Topliss-reactive ketones (excluding diaryl/α,β-unsaturated/α-hetero) is 1. The largest absolute Gasteiger partial charge is 0.505 e. The summed E-state index contributed by atoms with van der Waals surface area (Å²) < 4.78 is 21.7. The first-order valence-electron chi connectivity index (χ1n) is 12.5. The molecule has 1 fully saturated rings. The monoisotopic (exact) mass is 587 g/mol. The number of imidazole rings is 1. The Morgan fingerprint density at radius 3 is 2.71 bits per heavy atom. The van der Waals surface area contributed by atoms with Crippen molar-refractivity contribution >= 4 is 51.3 Å². The average molecular weight is 588 g/mol. The maximum absolute atomic E-state index is 14.1. The van der Waals surface area contributed by atoms with E-state index in [-0.39, 0.29) is 22.3 Å². The number of rotatable bonds is 7. The van der Waals surface area contributed by atoms with Gasteiger partial charge in [0.25, 0.3) is 5.78 Å². The lowest BCUT2D eigenvalue weighted by Gasteiger charge is -2.22. The Labute approximate surface area is 241 Å². The predicted molar refractivity (Wildman–Crippen MR) is 154 cm³/mol. The molecule has 1 aliphatic rings. The standard InChI is InChI=1S/C29H22FN5O4S2/c1-16-23(34-13-6-5-12-21(34)31-16)25(36)22-24(17-9-7-10-19(14-17)39-2)35(27(38)26(22)37)28-32-33-29(41-28)40-15-18-8-3-4-11-20(18)30/h3-14,24,36H,15H2,1-2H3/b25-22+. The smallest absolute Gasteiger partial charge is 0.301 e. The topological polar surface area (TPSA) is 110 Å². The van der Waals surface area contributed by atoms with Crippen molar-refractivity contribution < 1.29 is 23.8 Å². The van der Waals surface area contributed by atoms with Crippen LogP contribution in [0.4, 0.5) is 9.52 Å². The molecule has 1 amide bonds. The van der Waals surface area contributed by atoms with E-state index in [9.17, 15) is 19.1 Å². The molecule has 0 bridgehead atoms. The Kier molecular flexibility index (Phi) is 7.01. The highest BCUT2D eigenvalue weighted by Gasteiger charge is 2.49. The van der Waals surface area contributed by atoms with Crippen molar-refractivity contribution in [1.82, 2.24) is 19.6 Å². The molecule has 1 N–H and O–H groups in total. The van der Waals surface area contributed by atoms with Gasteiger partial charge in [0, 0.05) is 11.9 Å². The number of methoxy groups -OCH3 is 1. The minimum atomic E-state index is -1.02. The van der Waals surface area contributed by atoms with Crippen molar-refractivity contribution in [3.8, 4) is 5.75 Å². The number of amides is 1. The number of benzene rings is 2. The van der Waals surface area contributed by atoms with Gasteiger partial charge in [-0.2, -0.15) is 0 Å². The zero-order chi connectivity index (χ0) is 28.7. The molecule has 1 atom stereocenters. The second-order valence-corrected chi connectivity index (χ2v) is 11.3. The van der Waals surface area contributed by atoms with Crippen molar-refractivity contribution in [2.45, 2.75) is 23.1 Å². The number of aliphatic hydroxyl groups is 1. The molecule has 0 aliphatic carbocycles. The Balaban J connectivity index is 1.45. The second kappa shape index (κ2) is 10.8. The molecule has 2 aromatic carbocycles. The molecular formula is C29H22FN5O4S2. The van der Waals surface area contributed by atoms with E-state index in [2.05, 4.69) is 15.2 Å². The van der Waals surface area contributed by atoms with Gasteiger partial charge in [0.1, 0.15) is 22.9 Å². The van der Waals surface area contributed by atoms with Crippen LogP contribution in [0.15, 0.2) is 82.8 Å². The molecule has 9 nitrogen and oxygen atoms in total. The number of carbonyl (C=O) groups excluding carboxylic acids is 2. The van der Waals surface area contributed by atoms with E-state index in [1.54, 1.807) is 72.1 Å². The quantitative estimate of drug-likeness (QED) is 0.0867. The number of nitrogens with zero attached hydrogens (tertiary/aromatic N) is 5. The van der Waals surface area contributed by atoms with Crippen LogP contribution in [0.2, 0.25) is 0 Å². The van der Waals surface area contributed by atoms with Crippen LogP contribution >= 0.6 is 23.1 Å². The van der Waals surface area contributed by atoms with Gasteiger partial charge < -0.3 is 9.84 Å². The molecule has 3 aromatic heterocycles. The Morgan fingerprint density at radius 2 is 1.90 bits per heavy atom. The van der Waals surface area contributed by atoms with Gasteiger partial charge in [-0.25, -0.2) is 9.37 Å². The van der Waals surface area contributed by atoms with Crippen LogP contribution in [0.1, 0.15) is 28.6 Å². The number of thioether (sulfide) groups is 1. The summed E-state index contributed by atoms with van der Waals surface area (Å²) in [6.07, 6.45) is 1.73. The van der Waals surface area contributed by atoms with Gasteiger partial charge in [-0.15, -0.1) is 10.2 Å². The summed E-state index contributed by atoms with van der Waals surface area (Å²) in [6.45, 7) is 1.72. The third-order valence-electron chi connectivity index (χ3n) is 6.69. The van der Waals surface area contributed by atoms with E-state index in [0.717, 1.165) is 11.3 Å². The van der Waals surface area contributed by atoms with Crippen LogP contribution in [0, 0.1) is 12.7 Å². The number of aromatic nitrogens is 4. The summed E-state index contributed by atoms with van der Waals surface area (Å²) in [5.74, 6) is -1.57. The third-order valence-corrected chi connectivity index (χ3v) is 8.80. The molecule has 4 heterocycles. The van der Waals surface area contributed by atoms with Crippen molar-refractivity contribution in [2.24, 2.45) is 0 Å². The van der Waals surface area contributed by atoms with Crippen LogP contribution < -0.4 is 9.64 Å². The van der Waals surface area contributed by atoms with Crippen LogP contribution in [0.3, 0.4) is 0 Å². The van der Waals surface area contributed by atoms with Gasteiger partial charge in [0.15, 0.2) is 10.1 Å². The number of halogens is 1. The first kappa shape index (κ1) is 26.7. The Morgan fingerprint density at radius 1 is 1.10 bits per heavy atom. The lowest BCUT2D eigenvalue weighted by molar-refractivity contribution is -0.132. The lowest BCUT2D eigenvalue weighted by atomic mass is 9.96. The number of ether oxygens (including phenoxy) is 1. The number of carbonyl (C=O) groups is 2. The highest BCUT2D eigenvalue weighted by molar-refractivity contribution is 8.00. The molecule has 206 valence electrons. The summed E-state index contributed by atoms with van der Waals surface area (Å²) in [6, 6.07) is 17.7. The van der Waals surface area contributed by atoms with E-state index in [1.807, 2.05) is 6.07 Å². The summed E-state index contributed by atoms with van der Waals surface area (Å²) in [7, 11) is 1.52. The van der Waals surface area contributed by atoms with Crippen LogP contribution in [0.5, 0.6) is 5.75 Å². The number of ketones is 1. The molecule has 0 spiro atoms. The van der Waals surface area contributed by atoms with Gasteiger partial charge in [-0.1, -0.05) is 59.5 Å². The third kappa shape index (κ3) is 4.74. The van der Waals surface area contributed by atoms with Gasteiger partial charge in [0.05, 0.1) is 24.4 Å². The number of aryl methyl sites for hydroxylation is 1. The fraction of sp³-hybridized carbons (Fsp3) is 0.138. The number of pyridine rings is 1. The van der Waals surface area contributed by atoms with E-state index >= 15 is 0 Å². The summed E-state index contributed by atoms with van der Waals surface area (Å²) in [4.78, 5) is 32.9. The van der Waals surface area contributed by atoms with Gasteiger partial charge in [-0.3, -0.25) is 18.9 Å². The average Bonchev–Trinajstić information content (AvgIpc) is 3.66. The first-order valence-corrected chi connectivity index (χ1v) is 14.3. The minimum Gasteiger partial charge on any atom is -0.505 e. The Bertz CT molecular complexity index is 1850. The SMILES string of the molecule is COc1cccc(C2/C(=C(\O)c3c(C)nc4ccccn34)C(=O)C(=O)N2c2nnc(SCc3ccccc3F)s2)c1. The maximum Gasteiger partial charge on any atom is 0.301 e. The van der Waals surface area contributed by atoms with Crippen LogP contribution in [-0.2, 0) is 15.3 Å². The highest BCUT2D eigenvalue weighted by atomic mass is 32.2. The fourth-order valence-corrected chi connectivity index (χ4v) is 6.65.